The molecule has 1 N–H and O–H groups in total. The quantitative estimate of drug-likeness (QED) is 0.660. The summed E-state index contributed by atoms with van der Waals surface area (Å²) in [4.78, 5) is 0. The second-order valence-corrected chi connectivity index (χ2v) is 2.77. The van der Waals surface area contributed by atoms with Gasteiger partial charge in [0.15, 0.2) is 11.6 Å². The van der Waals surface area contributed by atoms with Gasteiger partial charge in [-0.1, -0.05) is 12.1 Å². The van der Waals surface area contributed by atoms with Crippen LogP contribution in [-0.4, -0.2) is 5.11 Å². The molecule has 0 bridgehead atoms. The zero-order valence-electron chi connectivity index (χ0n) is 6.59. The molecule has 0 unspecified atom stereocenters. The molecule has 0 atom stereocenters. The standard InChI is InChI=1S/C10H6F2O/c11-9-4-2-6-1-3-7(13)5-8(6)10(9)12/h1-5,13H. The summed E-state index contributed by atoms with van der Waals surface area (Å²) >= 11 is 0. The van der Waals surface area contributed by atoms with E-state index in [2.05, 4.69) is 0 Å². The molecule has 0 fully saturated rings. The van der Waals surface area contributed by atoms with Crippen LogP contribution in [0.1, 0.15) is 0 Å². The van der Waals surface area contributed by atoms with E-state index in [9.17, 15) is 8.78 Å². The van der Waals surface area contributed by atoms with Crippen LogP contribution in [0.5, 0.6) is 5.75 Å². The van der Waals surface area contributed by atoms with Gasteiger partial charge < -0.3 is 5.11 Å². The molecule has 0 radical (unpaired) electrons. The van der Waals surface area contributed by atoms with E-state index in [0.717, 1.165) is 6.07 Å². The van der Waals surface area contributed by atoms with Gasteiger partial charge in [-0.3, -0.25) is 0 Å². The Morgan fingerprint density at radius 2 is 1.69 bits per heavy atom. The second-order valence-electron chi connectivity index (χ2n) is 2.77. The molecule has 0 heterocycles. The summed E-state index contributed by atoms with van der Waals surface area (Å²) in [5.41, 5.74) is 0. The number of halogens is 2. The van der Waals surface area contributed by atoms with Crippen LogP contribution in [0.25, 0.3) is 10.8 Å². The van der Waals surface area contributed by atoms with E-state index < -0.39 is 11.6 Å². The summed E-state index contributed by atoms with van der Waals surface area (Å²) in [6, 6.07) is 6.70. The highest BCUT2D eigenvalue weighted by atomic mass is 19.2. The van der Waals surface area contributed by atoms with Crippen LogP contribution in [0.15, 0.2) is 30.3 Å². The number of rotatable bonds is 0. The molecule has 0 saturated carbocycles. The Labute approximate surface area is 73.2 Å². The summed E-state index contributed by atoms with van der Waals surface area (Å²) < 4.78 is 25.8. The molecule has 3 heteroatoms. The first kappa shape index (κ1) is 7.98. The van der Waals surface area contributed by atoms with Gasteiger partial charge in [0.05, 0.1) is 0 Å². The van der Waals surface area contributed by atoms with Gasteiger partial charge in [0.2, 0.25) is 0 Å². The fraction of sp³-hybridized carbons (Fsp3) is 0. The van der Waals surface area contributed by atoms with Crippen molar-refractivity contribution in [3.63, 3.8) is 0 Å². The van der Waals surface area contributed by atoms with E-state index in [0.29, 0.717) is 5.39 Å². The molecule has 2 aromatic carbocycles. The zero-order valence-corrected chi connectivity index (χ0v) is 6.59. The average Bonchev–Trinajstić information content (AvgIpc) is 2.12. The largest absolute Gasteiger partial charge is 0.508 e. The van der Waals surface area contributed by atoms with Gasteiger partial charge in [-0.2, -0.15) is 0 Å². The lowest BCUT2D eigenvalue weighted by atomic mass is 10.1. The number of fused-ring (bicyclic) bond motifs is 1. The van der Waals surface area contributed by atoms with E-state index in [1.54, 1.807) is 0 Å². The summed E-state index contributed by atoms with van der Waals surface area (Å²) in [6.07, 6.45) is 0. The minimum Gasteiger partial charge on any atom is -0.508 e. The third-order valence-corrected chi connectivity index (χ3v) is 1.89. The summed E-state index contributed by atoms with van der Waals surface area (Å²) in [6.45, 7) is 0. The Balaban J connectivity index is 2.89. The first-order valence-electron chi connectivity index (χ1n) is 3.75. The Morgan fingerprint density at radius 3 is 2.46 bits per heavy atom. The molecule has 0 amide bonds. The predicted molar refractivity (Wildman–Crippen MR) is 45.5 cm³/mol. The summed E-state index contributed by atoms with van der Waals surface area (Å²) in [5.74, 6) is -1.90. The van der Waals surface area contributed by atoms with Gasteiger partial charge >= 0.3 is 0 Å². The molecular formula is C10H6F2O. The Bertz CT molecular complexity index is 460. The normalized spacial score (nSPS) is 10.6. The maximum Gasteiger partial charge on any atom is 0.166 e. The van der Waals surface area contributed by atoms with Crippen molar-refractivity contribution in [2.45, 2.75) is 0 Å². The van der Waals surface area contributed by atoms with Gasteiger partial charge in [-0.25, -0.2) is 8.78 Å². The van der Waals surface area contributed by atoms with Crippen LogP contribution in [0.3, 0.4) is 0 Å². The Morgan fingerprint density at radius 1 is 1.00 bits per heavy atom. The van der Waals surface area contributed by atoms with Crippen molar-refractivity contribution < 1.29 is 13.9 Å². The molecule has 0 aliphatic heterocycles. The topological polar surface area (TPSA) is 20.2 Å². The lowest BCUT2D eigenvalue weighted by Crippen LogP contribution is -1.85. The molecule has 0 aliphatic rings. The fourth-order valence-corrected chi connectivity index (χ4v) is 1.24. The van der Waals surface area contributed by atoms with Crippen molar-refractivity contribution >= 4 is 10.8 Å². The molecule has 0 spiro atoms. The number of phenolic OH excluding ortho intramolecular Hbond substituents is 1. The molecule has 13 heavy (non-hydrogen) atoms. The van der Waals surface area contributed by atoms with E-state index in [1.807, 2.05) is 0 Å². The number of benzene rings is 2. The number of hydrogen-bond acceptors (Lipinski definition) is 1. The fourth-order valence-electron chi connectivity index (χ4n) is 1.24. The maximum absolute atomic E-state index is 13.1. The number of phenols is 1. The van der Waals surface area contributed by atoms with Crippen molar-refractivity contribution in [2.24, 2.45) is 0 Å². The summed E-state index contributed by atoms with van der Waals surface area (Å²) in [7, 11) is 0. The highest BCUT2D eigenvalue weighted by Gasteiger charge is 2.06. The van der Waals surface area contributed by atoms with E-state index in [4.69, 9.17) is 5.11 Å². The van der Waals surface area contributed by atoms with Crippen molar-refractivity contribution in [3.8, 4) is 5.75 Å². The molecule has 0 aromatic heterocycles. The second kappa shape index (κ2) is 2.69. The van der Waals surface area contributed by atoms with Crippen molar-refractivity contribution in [2.75, 3.05) is 0 Å². The molecule has 0 saturated heterocycles. The molecule has 1 nitrogen and oxygen atoms in total. The lowest BCUT2D eigenvalue weighted by Gasteiger charge is -2.00. The minimum absolute atomic E-state index is 0.0722. The third-order valence-electron chi connectivity index (χ3n) is 1.89. The maximum atomic E-state index is 13.1. The highest BCUT2D eigenvalue weighted by Crippen LogP contribution is 2.23. The van der Waals surface area contributed by atoms with Gasteiger partial charge in [0.1, 0.15) is 5.75 Å². The lowest BCUT2D eigenvalue weighted by molar-refractivity contribution is 0.475. The van der Waals surface area contributed by atoms with Crippen LogP contribution in [0.2, 0.25) is 0 Å². The first-order chi connectivity index (χ1) is 6.18. The molecule has 2 rings (SSSR count). The predicted octanol–water partition coefficient (Wildman–Crippen LogP) is 2.82. The molecular weight excluding hydrogens is 174 g/mol. The van der Waals surface area contributed by atoms with E-state index in [-0.39, 0.29) is 11.1 Å². The van der Waals surface area contributed by atoms with Crippen LogP contribution in [-0.2, 0) is 0 Å². The van der Waals surface area contributed by atoms with Gasteiger partial charge in [0, 0.05) is 5.39 Å². The third kappa shape index (κ3) is 1.22. The number of hydrogen-bond donors (Lipinski definition) is 1. The van der Waals surface area contributed by atoms with Crippen LogP contribution in [0.4, 0.5) is 8.78 Å². The molecule has 2 aromatic rings. The first-order valence-corrected chi connectivity index (χ1v) is 3.75. The number of aromatic hydroxyl groups is 1. The monoisotopic (exact) mass is 180 g/mol. The zero-order chi connectivity index (χ0) is 9.42. The molecule has 66 valence electrons. The van der Waals surface area contributed by atoms with E-state index in [1.165, 1.54) is 24.3 Å². The van der Waals surface area contributed by atoms with Crippen LogP contribution >= 0.6 is 0 Å². The van der Waals surface area contributed by atoms with Gasteiger partial charge in [-0.15, -0.1) is 0 Å². The van der Waals surface area contributed by atoms with Gasteiger partial charge in [-0.05, 0) is 23.6 Å². The smallest absolute Gasteiger partial charge is 0.166 e. The van der Waals surface area contributed by atoms with E-state index >= 15 is 0 Å². The summed E-state index contributed by atoms with van der Waals surface area (Å²) in [5, 5.41) is 9.72. The Hall–Kier alpha value is -1.64. The van der Waals surface area contributed by atoms with Crippen LogP contribution < -0.4 is 0 Å². The highest BCUT2D eigenvalue weighted by molar-refractivity contribution is 5.84. The minimum atomic E-state index is -0.923. The van der Waals surface area contributed by atoms with Crippen molar-refractivity contribution in [1.82, 2.24) is 0 Å². The molecule has 0 aliphatic carbocycles. The SMILES string of the molecule is Oc1ccc2ccc(F)c(F)c2c1. The van der Waals surface area contributed by atoms with Crippen molar-refractivity contribution in [1.29, 1.82) is 0 Å². The Kier molecular flexibility index (Phi) is 1.65. The van der Waals surface area contributed by atoms with Crippen LogP contribution in [0, 0.1) is 11.6 Å². The van der Waals surface area contributed by atoms with Crippen molar-refractivity contribution in [3.05, 3.63) is 42.0 Å². The van der Waals surface area contributed by atoms with Gasteiger partial charge in [0.25, 0.3) is 0 Å². The average molecular weight is 180 g/mol.